The summed E-state index contributed by atoms with van der Waals surface area (Å²) in [6.07, 6.45) is 1.57. The first-order valence-corrected chi connectivity index (χ1v) is 14.3. The Hall–Kier alpha value is -2.54. The number of halogens is 2. The predicted molar refractivity (Wildman–Crippen MR) is 148 cm³/mol. The van der Waals surface area contributed by atoms with Gasteiger partial charge in [0, 0.05) is 8.59 Å². The van der Waals surface area contributed by atoms with Crippen LogP contribution in [0.1, 0.15) is 18.1 Å². The molecule has 1 heterocycles. The second kappa shape index (κ2) is 11.2. The fraction of sp³-hybridized carbons (Fsp3) is 0.120. The van der Waals surface area contributed by atoms with Gasteiger partial charge in [-0.05, 0) is 107 Å². The zero-order chi connectivity index (χ0) is 25.9. The van der Waals surface area contributed by atoms with Crippen molar-refractivity contribution in [1.82, 2.24) is 4.90 Å². The largest absolute Gasteiger partial charge is 0.490 e. The molecule has 7 nitrogen and oxygen atoms in total. The fourth-order valence-electron chi connectivity index (χ4n) is 3.28. The summed E-state index contributed by atoms with van der Waals surface area (Å²) in [5.41, 5.74) is 1.40. The maximum absolute atomic E-state index is 12.9. The first-order chi connectivity index (χ1) is 17.2. The van der Waals surface area contributed by atoms with E-state index in [0.717, 1.165) is 20.9 Å². The number of imide groups is 1. The van der Waals surface area contributed by atoms with Gasteiger partial charge in [0.05, 0.1) is 18.1 Å². The molecule has 2 amide bonds. The van der Waals surface area contributed by atoms with Crippen LogP contribution in [0.2, 0.25) is 5.02 Å². The standard InChI is InChI=1S/C25H19ClINO6S2/c1-2-33-22-13-17(5-12-21(22)34-36(31,32)20-10-6-18(26)7-11-20)14-23-24(29)28(25(30)35-23)15-16-3-8-19(27)9-4-16/h3-14H,2,15H2,1H3/b23-14-. The molecule has 1 fully saturated rings. The smallest absolute Gasteiger partial charge is 0.339 e. The summed E-state index contributed by atoms with van der Waals surface area (Å²) in [7, 11) is -4.13. The molecule has 0 unspecified atom stereocenters. The summed E-state index contributed by atoms with van der Waals surface area (Å²) in [6, 6.07) is 17.8. The van der Waals surface area contributed by atoms with Gasteiger partial charge < -0.3 is 8.92 Å². The van der Waals surface area contributed by atoms with Crippen molar-refractivity contribution in [3.63, 3.8) is 0 Å². The molecule has 3 aromatic rings. The number of nitrogens with zero attached hydrogens (tertiary/aromatic N) is 1. The lowest BCUT2D eigenvalue weighted by molar-refractivity contribution is -0.123. The number of carbonyl (C=O) groups is 2. The number of ether oxygens (including phenoxy) is 1. The minimum absolute atomic E-state index is 0.00392. The minimum Gasteiger partial charge on any atom is -0.490 e. The Kier molecular flexibility index (Phi) is 8.28. The predicted octanol–water partition coefficient (Wildman–Crippen LogP) is 6.35. The van der Waals surface area contributed by atoms with Crippen molar-refractivity contribution in [3.8, 4) is 11.5 Å². The van der Waals surface area contributed by atoms with E-state index in [1.165, 1.54) is 35.2 Å². The highest BCUT2D eigenvalue weighted by Gasteiger charge is 2.35. The highest BCUT2D eigenvalue weighted by atomic mass is 127. The van der Waals surface area contributed by atoms with E-state index in [4.69, 9.17) is 20.5 Å². The summed E-state index contributed by atoms with van der Waals surface area (Å²) in [5.74, 6) is -0.218. The van der Waals surface area contributed by atoms with Gasteiger partial charge in [-0.3, -0.25) is 14.5 Å². The van der Waals surface area contributed by atoms with Crippen LogP contribution < -0.4 is 8.92 Å². The molecule has 36 heavy (non-hydrogen) atoms. The van der Waals surface area contributed by atoms with Gasteiger partial charge in [0.2, 0.25) is 0 Å². The monoisotopic (exact) mass is 655 g/mol. The Balaban J connectivity index is 1.56. The van der Waals surface area contributed by atoms with Crippen LogP contribution in [0.4, 0.5) is 4.79 Å². The molecule has 1 aliphatic rings. The molecular weight excluding hydrogens is 637 g/mol. The summed E-state index contributed by atoms with van der Waals surface area (Å²) in [6.45, 7) is 2.19. The molecule has 0 aromatic heterocycles. The molecule has 0 atom stereocenters. The van der Waals surface area contributed by atoms with Crippen molar-refractivity contribution < 1.29 is 26.9 Å². The van der Waals surface area contributed by atoms with Crippen molar-refractivity contribution >= 4 is 73.3 Å². The average molecular weight is 656 g/mol. The summed E-state index contributed by atoms with van der Waals surface area (Å²) in [5, 5.41) is 0.0418. The van der Waals surface area contributed by atoms with E-state index in [-0.39, 0.29) is 39.7 Å². The fourth-order valence-corrected chi connectivity index (χ4v) is 5.54. The van der Waals surface area contributed by atoms with Crippen LogP contribution >= 0.6 is 46.0 Å². The molecule has 4 rings (SSSR count). The number of rotatable bonds is 8. The summed E-state index contributed by atoms with van der Waals surface area (Å²) < 4.78 is 37.4. The first kappa shape index (κ1) is 26.5. The maximum Gasteiger partial charge on any atom is 0.339 e. The van der Waals surface area contributed by atoms with Crippen LogP contribution in [-0.4, -0.2) is 31.1 Å². The quantitative estimate of drug-likeness (QED) is 0.159. The Morgan fingerprint density at radius 2 is 1.69 bits per heavy atom. The summed E-state index contributed by atoms with van der Waals surface area (Å²) in [4.78, 5) is 26.8. The third kappa shape index (κ3) is 6.23. The third-order valence-electron chi connectivity index (χ3n) is 4.99. The van der Waals surface area contributed by atoms with E-state index in [1.54, 1.807) is 25.1 Å². The Bertz CT molecular complexity index is 1440. The molecule has 0 radical (unpaired) electrons. The van der Waals surface area contributed by atoms with E-state index >= 15 is 0 Å². The van der Waals surface area contributed by atoms with Crippen molar-refractivity contribution in [2.75, 3.05) is 6.61 Å². The Morgan fingerprint density at radius 3 is 2.36 bits per heavy atom. The first-order valence-electron chi connectivity index (χ1n) is 10.6. The number of carbonyl (C=O) groups excluding carboxylic acids is 2. The molecule has 0 saturated carbocycles. The highest BCUT2D eigenvalue weighted by molar-refractivity contribution is 14.1. The van der Waals surface area contributed by atoms with Crippen LogP contribution in [0, 0.1) is 3.57 Å². The van der Waals surface area contributed by atoms with Crippen LogP contribution in [0.3, 0.4) is 0 Å². The second-order valence-corrected chi connectivity index (χ2v) is 11.7. The zero-order valence-corrected chi connectivity index (χ0v) is 23.4. The van der Waals surface area contributed by atoms with Crippen molar-refractivity contribution in [3.05, 3.63) is 91.4 Å². The van der Waals surface area contributed by atoms with Gasteiger partial charge in [-0.15, -0.1) is 0 Å². The Labute approximate surface area is 231 Å². The normalized spacial score (nSPS) is 15.0. The van der Waals surface area contributed by atoms with Crippen LogP contribution in [-0.2, 0) is 21.5 Å². The topological polar surface area (TPSA) is 90.0 Å². The lowest BCUT2D eigenvalue weighted by Crippen LogP contribution is -2.27. The van der Waals surface area contributed by atoms with E-state index in [1.807, 2.05) is 24.3 Å². The van der Waals surface area contributed by atoms with Gasteiger partial charge in [0.25, 0.3) is 11.1 Å². The molecule has 3 aromatic carbocycles. The lowest BCUT2D eigenvalue weighted by atomic mass is 10.1. The molecule has 0 spiro atoms. The summed E-state index contributed by atoms with van der Waals surface area (Å²) >= 11 is 8.88. The highest BCUT2D eigenvalue weighted by Crippen LogP contribution is 2.36. The van der Waals surface area contributed by atoms with Gasteiger partial charge >= 0.3 is 10.1 Å². The van der Waals surface area contributed by atoms with Crippen LogP contribution in [0.25, 0.3) is 6.08 Å². The third-order valence-corrected chi connectivity index (χ3v) is 8.12. The van der Waals surface area contributed by atoms with E-state index < -0.39 is 16.0 Å². The number of benzene rings is 3. The molecule has 0 bridgehead atoms. The van der Waals surface area contributed by atoms with Gasteiger partial charge in [0.15, 0.2) is 11.5 Å². The van der Waals surface area contributed by atoms with E-state index in [0.29, 0.717) is 10.6 Å². The van der Waals surface area contributed by atoms with Crippen molar-refractivity contribution in [2.45, 2.75) is 18.4 Å². The van der Waals surface area contributed by atoms with Crippen molar-refractivity contribution in [2.24, 2.45) is 0 Å². The van der Waals surface area contributed by atoms with E-state index in [2.05, 4.69) is 22.6 Å². The molecule has 186 valence electrons. The second-order valence-electron chi connectivity index (χ2n) is 7.52. The molecule has 11 heteroatoms. The van der Waals surface area contributed by atoms with Crippen LogP contribution in [0.5, 0.6) is 11.5 Å². The number of hydrogen-bond acceptors (Lipinski definition) is 7. The number of thioether (sulfide) groups is 1. The lowest BCUT2D eigenvalue weighted by Gasteiger charge is -2.13. The number of hydrogen-bond donors (Lipinski definition) is 0. The van der Waals surface area contributed by atoms with Crippen LogP contribution in [0.15, 0.2) is 76.5 Å². The van der Waals surface area contributed by atoms with Gasteiger partial charge in [0.1, 0.15) is 4.90 Å². The maximum atomic E-state index is 12.9. The van der Waals surface area contributed by atoms with Gasteiger partial charge in [-0.25, -0.2) is 0 Å². The average Bonchev–Trinajstić information content (AvgIpc) is 3.09. The minimum atomic E-state index is -4.13. The van der Waals surface area contributed by atoms with Crippen molar-refractivity contribution in [1.29, 1.82) is 0 Å². The number of amides is 2. The molecule has 1 aliphatic heterocycles. The molecule has 1 saturated heterocycles. The SMILES string of the molecule is CCOc1cc(/C=C2\SC(=O)N(Cc3ccc(I)cc3)C2=O)ccc1OS(=O)(=O)c1ccc(Cl)cc1. The van der Waals surface area contributed by atoms with E-state index in [9.17, 15) is 18.0 Å². The van der Waals surface area contributed by atoms with Gasteiger partial charge in [-0.2, -0.15) is 8.42 Å². The Morgan fingerprint density at radius 1 is 1.00 bits per heavy atom. The molecular formula is C25H19ClINO6S2. The molecule has 0 aliphatic carbocycles. The molecule has 0 N–H and O–H groups in total. The zero-order valence-electron chi connectivity index (χ0n) is 18.8. The van der Waals surface area contributed by atoms with Gasteiger partial charge in [-0.1, -0.05) is 29.8 Å².